The zero-order valence-corrected chi connectivity index (χ0v) is 10.9. The molecule has 0 amide bonds. The summed E-state index contributed by atoms with van der Waals surface area (Å²) in [4.78, 5) is 8.70. The molecule has 1 saturated heterocycles. The highest BCUT2D eigenvalue weighted by atomic mass is 35.5. The molecule has 98 valence electrons. The van der Waals surface area contributed by atoms with E-state index in [-0.39, 0.29) is 6.10 Å². The Labute approximate surface area is 111 Å². The minimum atomic E-state index is 0.252. The second-order valence-corrected chi connectivity index (χ2v) is 5.28. The number of nitrogens with one attached hydrogen (secondary N) is 1. The number of halogens is 1. The van der Waals surface area contributed by atoms with Gasteiger partial charge in [0.25, 0.3) is 0 Å². The fraction of sp³-hybridized carbons (Fsp3) is 0.667. The van der Waals surface area contributed by atoms with E-state index in [0.29, 0.717) is 22.6 Å². The van der Waals surface area contributed by atoms with Gasteiger partial charge in [0, 0.05) is 19.1 Å². The number of anilines is 2. The number of aromatic nitrogens is 2. The molecule has 0 spiro atoms. The Hall–Kier alpha value is -1.07. The molecule has 0 unspecified atom stereocenters. The first kappa shape index (κ1) is 12.0. The van der Waals surface area contributed by atoms with Crippen molar-refractivity contribution in [1.82, 2.24) is 9.97 Å². The van der Waals surface area contributed by atoms with E-state index in [0.717, 1.165) is 44.7 Å². The second-order valence-electron chi connectivity index (χ2n) is 4.93. The number of ether oxygens (including phenoxy) is 1. The van der Waals surface area contributed by atoms with E-state index in [1.54, 1.807) is 0 Å². The van der Waals surface area contributed by atoms with Gasteiger partial charge in [-0.05, 0) is 25.7 Å². The van der Waals surface area contributed by atoms with Gasteiger partial charge in [-0.3, -0.25) is 0 Å². The summed E-state index contributed by atoms with van der Waals surface area (Å²) in [7, 11) is 0. The van der Waals surface area contributed by atoms with Gasteiger partial charge < -0.3 is 15.8 Å². The lowest BCUT2D eigenvalue weighted by molar-refractivity contribution is 0.120. The van der Waals surface area contributed by atoms with Gasteiger partial charge in [0.05, 0.1) is 6.10 Å². The molecule has 1 aliphatic heterocycles. The van der Waals surface area contributed by atoms with Gasteiger partial charge in [-0.25, -0.2) is 9.97 Å². The van der Waals surface area contributed by atoms with Crippen LogP contribution in [0.4, 0.5) is 11.5 Å². The number of rotatable bonds is 4. The van der Waals surface area contributed by atoms with Crippen LogP contribution in [0.25, 0.3) is 0 Å². The minimum Gasteiger partial charge on any atom is -0.393 e. The summed E-state index contributed by atoms with van der Waals surface area (Å²) in [6.45, 7) is 1.57. The molecule has 6 heteroatoms. The van der Waals surface area contributed by atoms with Crippen molar-refractivity contribution in [3.8, 4) is 0 Å². The lowest BCUT2D eigenvalue weighted by Gasteiger charge is -2.14. The molecule has 0 aromatic carbocycles. The van der Waals surface area contributed by atoms with Crippen LogP contribution in [0.2, 0.25) is 5.15 Å². The van der Waals surface area contributed by atoms with Crippen LogP contribution >= 0.6 is 11.6 Å². The van der Waals surface area contributed by atoms with E-state index in [4.69, 9.17) is 22.1 Å². The highest BCUT2D eigenvalue weighted by Crippen LogP contribution is 2.40. The van der Waals surface area contributed by atoms with Crippen LogP contribution in [-0.4, -0.2) is 29.2 Å². The third kappa shape index (κ3) is 2.52. The van der Waals surface area contributed by atoms with Crippen molar-refractivity contribution in [1.29, 1.82) is 0 Å². The molecule has 2 aliphatic rings. The van der Waals surface area contributed by atoms with Crippen LogP contribution in [0.5, 0.6) is 0 Å². The Balaban J connectivity index is 1.72. The lowest BCUT2D eigenvalue weighted by Crippen LogP contribution is -2.20. The molecular weight excluding hydrogens is 252 g/mol. The van der Waals surface area contributed by atoms with Gasteiger partial charge in [0.2, 0.25) is 0 Å². The van der Waals surface area contributed by atoms with Crippen molar-refractivity contribution in [2.75, 3.05) is 24.2 Å². The summed E-state index contributed by atoms with van der Waals surface area (Å²) >= 11 is 6.04. The SMILES string of the molecule is Nc1c(Cl)nc(C2CC2)nc1NC[C@H]1CCCO1. The highest BCUT2D eigenvalue weighted by Gasteiger charge is 2.28. The quantitative estimate of drug-likeness (QED) is 0.819. The Morgan fingerprint density at radius 3 is 2.83 bits per heavy atom. The number of hydrogen-bond donors (Lipinski definition) is 2. The normalized spacial score (nSPS) is 23.3. The maximum absolute atomic E-state index is 6.04. The van der Waals surface area contributed by atoms with E-state index < -0.39 is 0 Å². The lowest BCUT2D eigenvalue weighted by atomic mass is 10.2. The number of nitrogens with zero attached hydrogens (tertiary/aromatic N) is 2. The van der Waals surface area contributed by atoms with Gasteiger partial charge >= 0.3 is 0 Å². The molecule has 0 radical (unpaired) electrons. The minimum absolute atomic E-state index is 0.252. The Kier molecular flexibility index (Phi) is 3.26. The van der Waals surface area contributed by atoms with E-state index in [9.17, 15) is 0 Å². The van der Waals surface area contributed by atoms with Crippen molar-refractivity contribution in [3.63, 3.8) is 0 Å². The largest absolute Gasteiger partial charge is 0.393 e. The van der Waals surface area contributed by atoms with Crippen LogP contribution in [0.1, 0.15) is 37.4 Å². The van der Waals surface area contributed by atoms with Gasteiger partial charge in [-0.1, -0.05) is 11.6 Å². The smallest absolute Gasteiger partial charge is 0.157 e. The summed E-state index contributed by atoms with van der Waals surface area (Å²) in [5.41, 5.74) is 6.33. The number of nitrogens with two attached hydrogens (primary N) is 1. The topological polar surface area (TPSA) is 73.1 Å². The number of nitrogen functional groups attached to an aromatic ring is 1. The molecule has 1 aromatic rings. The zero-order valence-electron chi connectivity index (χ0n) is 10.2. The van der Waals surface area contributed by atoms with E-state index in [1.807, 2.05) is 0 Å². The van der Waals surface area contributed by atoms with E-state index >= 15 is 0 Å². The molecule has 0 bridgehead atoms. The molecule has 18 heavy (non-hydrogen) atoms. The summed E-state index contributed by atoms with van der Waals surface area (Å²) in [6, 6.07) is 0. The van der Waals surface area contributed by atoms with Crippen molar-refractivity contribution in [2.45, 2.75) is 37.7 Å². The number of hydrogen-bond acceptors (Lipinski definition) is 5. The second kappa shape index (κ2) is 4.90. The van der Waals surface area contributed by atoms with Gasteiger partial charge in [0.1, 0.15) is 11.5 Å². The van der Waals surface area contributed by atoms with Crippen LogP contribution in [0.15, 0.2) is 0 Å². The molecule has 2 heterocycles. The first-order chi connectivity index (χ1) is 8.74. The Morgan fingerprint density at radius 1 is 1.33 bits per heavy atom. The van der Waals surface area contributed by atoms with Crippen molar-refractivity contribution < 1.29 is 4.74 Å². The van der Waals surface area contributed by atoms with Crippen molar-refractivity contribution in [3.05, 3.63) is 11.0 Å². The summed E-state index contributed by atoms with van der Waals surface area (Å²) < 4.78 is 5.56. The molecule has 5 nitrogen and oxygen atoms in total. The Morgan fingerprint density at radius 2 is 2.17 bits per heavy atom. The van der Waals surface area contributed by atoms with Gasteiger partial charge in [-0.2, -0.15) is 0 Å². The Bertz CT molecular complexity index is 444. The first-order valence-electron chi connectivity index (χ1n) is 6.42. The fourth-order valence-corrected chi connectivity index (χ4v) is 2.31. The monoisotopic (exact) mass is 268 g/mol. The van der Waals surface area contributed by atoms with Gasteiger partial charge in [0.15, 0.2) is 11.0 Å². The molecule has 2 fully saturated rings. The predicted octanol–water partition coefficient (Wildman–Crippen LogP) is 2.18. The van der Waals surface area contributed by atoms with Crippen molar-refractivity contribution in [2.24, 2.45) is 0 Å². The van der Waals surface area contributed by atoms with Crippen LogP contribution < -0.4 is 11.1 Å². The van der Waals surface area contributed by atoms with Crippen LogP contribution in [-0.2, 0) is 4.74 Å². The first-order valence-corrected chi connectivity index (χ1v) is 6.80. The summed E-state index contributed by atoms with van der Waals surface area (Å²) in [5.74, 6) is 1.92. The molecule has 1 atom stereocenters. The molecule has 1 saturated carbocycles. The molecular formula is C12H17ClN4O. The average Bonchev–Trinajstić information content (AvgIpc) is 3.08. The van der Waals surface area contributed by atoms with Crippen LogP contribution in [0, 0.1) is 0 Å². The average molecular weight is 269 g/mol. The molecule has 1 aliphatic carbocycles. The third-order valence-electron chi connectivity index (χ3n) is 3.38. The van der Waals surface area contributed by atoms with Gasteiger partial charge in [-0.15, -0.1) is 0 Å². The maximum Gasteiger partial charge on any atom is 0.157 e. The van der Waals surface area contributed by atoms with E-state index in [1.165, 1.54) is 0 Å². The zero-order chi connectivity index (χ0) is 12.5. The molecule has 3 rings (SSSR count). The maximum atomic E-state index is 6.04. The highest BCUT2D eigenvalue weighted by molar-refractivity contribution is 6.32. The van der Waals surface area contributed by atoms with Crippen molar-refractivity contribution >= 4 is 23.1 Å². The fourth-order valence-electron chi connectivity index (χ4n) is 2.13. The van der Waals surface area contributed by atoms with Crippen LogP contribution in [0.3, 0.4) is 0 Å². The molecule has 1 aromatic heterocycles. The predicted molar refractivity (Wildman–Crippen MR) is 70.9 cm³/mol. The summed E-state index contributed by atoms with van der Waals surface area (Å²) in [5, 5.41) is 3.58. The third-order valence-corrected chi connectivity index (χ3v) is 3.67. The summed E-state index contributed by atoms with van der Waals surface area (Å²) in [6.07, 6.45) is 4.75. The molecule has 3 N–H and O–H groups in total. The van der Waals surface area contributed by atoms with E-state index in [2.05, 4.69) is 15.3 Å². The standard InChI is InChI=1S/C12H17ClN4O/c13-10-9(14)12(15-6-8-2-1-5-18-8)17-11(16-10)7-3-4-7/h7-8H,1-6,14H2,(H,15,16,17)/t8-/m1/s1.